The number of hydrogen-bond acceptors (Lipinski definition) is 5. The lowest BCUT2D eigenvalue weighted by Crippen LogP contribution is -2.54. The fourth-order valence-corrected chi connectivity index (χ4v) is 7.57. The second kappa shape index (κ2) is 16.0. The Balaban J connectivity index is 1.78. The molecular formula is C33H38Cl3N3O5S. The number of rotatable bonds is 13. The van der Waals surface area contributed by atoms with E-state index in [1.165, 1.54) is 29.2 Å². The van der Waals surface area contributed by atoms with Crippen LogP contribution in [0.5, 0.6) is 5.75 Å². The summed E-state index contributed by atoms with van der Waals surface area (Å²) in [5, 5.41) is 4.15. The van der Waals surface area contributed by atoms with Crippen LogP contribution in [0.25, 0.3) is 0 Å². The molecule has 0 spiro atoms. The molecule has 1 aliphatic rings. The van der Waals surface area contributed by atoms with E-state index in [4.69, 9.17) is 39.5 Å². The molecule has 0 radical (unpaired) electrons. The average Bonchev–Trinajstić information content (AvgIpc) is 3.02. The number of nitrogens with one attached hydrogen (secondary N) is 1. The van der Waals surface area contributed by atoms with Crippen molar-refractivity contribution in [3.05, 3.63) is 87.4 Å². The van der Waals surface area contributed by atoms with Crippen LogP contribution in [-0.4, -0.2) is 50.4 Å². The van der Waals surface area contributed by atoms with E-state index < -0.39 is 28.5 Å². The van der Waals surface area contributed by atoms with Gasteiger partial charge in [0.25, 0.3) is 10.0 Å². The van der Waals surface area contributed by atoms with Crippen LogP contribution in [0.3, 0.4) is 0 Å². The van der Waals surface area contributed by atoms with E-state index in [1.54, 1.807) is 49.4 Å². The highest BCUT2D eigenvalue weighted by Crippen LogP contribution is 2.34. The van der Waals surface area contributed by atoms with Crippen LogP contribution in [0.4, 0.5) is 5.69 Å². The van der Waals surface area contributed by atoms with Gasteiger partial charge >= 0.3 is 0 Å². The van der Waals surface area contributed by atoms with Crippen molar-refractivity contribution in [1.82, 2.24) is 10.2 Å². The molecule has 3 aromatic carbocycles. The molecule has 4 rings (SSSR count). The number of ether oxygens (including phenoxy) is 1. The van der Waals surface area contributed by atoms with Gasteiger partial charge in [0.05, 0.1) is 17.2 Å². The minimum atomic E-state index is -4.31. The molecule has 1 saturated carbocycles. The summed E-state index contributed by atoms with van der Waals surface area (Å²) in [6, 6.07) is 16.4. The van der Waals surface area contributed by atoms with Crippen molar-refractivity contribution in [3.63, 3.8) is 0 Å². The Morgan fingerprint density at radius 1 is 0.911 bits per heavy atom. The van der Waals surface area contributed by atoms with Crippen LogP contribution in [0, 0.1) is 0 Å². The number of anilines is 1. The van der Waals surface area contributed by atoms with Crippen LogP contribution in [0.1, 0.15) is 57.9 Å². The van der Waals surface area contributed by atoms with E-state index in [9.17, 15) is 18.0 Å². The predicted molar refractivity (Wildman–Crippen MR) is 180 cm³/mol. The highest BCUT2D eigenvalue weighted by molar-refractivity contribution is 7.92. The second-order valence-corrected chi connectivity index (χ2v) is 14.0. The lowest BCUT2D eigenvalue weighted by molar-refractivity contribution is -0.140. The molecule has 3 aromatic rings. The van der Waals surface area contributed by atoms with Gasteiger partial charge in [-0.05, 0) is 74.7 Å². The summed E-state index contributed by atoms with van der Waals surface area (Å²) in [7, 11) is -4.31. The number of benzene rings is 3. The Hall–Kier alpha value is -2.98. The topological polar surface area (TPSA) is 96.0 Å². The minimum Gasteiger partial charge on any atom is -0.492 e. The van der Waals surface area contributed by atoms with E-state index in [1.807, 2.05) is 6.92 Å². The zero-order valence-corrected chi connectivity index (χ0v) is 28.4. The molecule has 0 unspecified atom stereocenters. The van der Waals surface area contributed by atoms with Gasteiger partial charge in [0.15, 0.2) is 0 Å². The maximum absolute atomic E-state index is 14.4. The number of hydrogen-bond donors (Lipinski definition) is 1. The van der Waals surface area contributed by atoms with Crippen molar-refractivity contribution in [3.8, 4) is 5.75 Å². The van der Waals surface area contributed by atoms with Gasteiger partial charge in [-0.1, -0.05) is 79.2 Å². The van der Waals surface area contributed by atoms with E-state index in [2.05, 4.69) is 5.32 Å². The van der Waals surface area contributed by atoms with E-state index in [0.717, 1.165) is 36.4 Å². The zero-order valence-electron chi connectivity index (χ0n) is 25.3. The molecule has 0 aromatic heterocycles. The first kappa shape index (κ1) is 34.9. The fourth-order valence-electron chi connectivity index (χ4n) is 5.51. The molecule has 242 valence electrons. The van der Waals surface area contributed by atoms with Crippen molar-refractivity contribution in [2.75, 3.05) is 17.5 Å². The van der Waals surface area contributed by atoms with Gasteiger partial charge < -0.3 is 15.0 Å². The summed E-state index contributed by atoms with van der Waals surface area (Å²) in [6.07, 6.45) is 5.19. The summed E-state index contributed by atoms with van der Waals surface area (Å²) in [4.78, 5) is 29.5. The van der Waals surface area contributed by atoms with E-state index >= 15 is 0 Å². The predicted octanol–water partition coefficient (Wildman–Crippen LogP) is 7.50. The first-order valence-electron chi connectivity index (χ1n) is 15.1. The van der Waals surface area contributed by atoms with Crippen LogP contribution >= 0.6 is 34.8 Å². The monoisotopic (exact) mass is 693 g/mol. The molecule has 8 nitrogen and oxygen atoms in total. The maximum Gasteiger partial charge on any atom is 0.264 e. The molecule has 1 aliphatic carbocycles. The van der Waals surface area contributed by atoms with Crippen molar-refractivity contribution < 1.29 is 22.7 Å². The molecule has 45 heavy (non-hydrogen) atoms. The number of amides is 2. The number of para-hydroxylation sites is 2. The van der Waals surface area contributed by atoms with E-state index in [-0.39, 0.29) is 47.9 Å². The highest BCUT2D eigenvalue weighted by Gasteiger charge is 2.36. The third kappa shape index (κ3) is 8.64. The largest absolute Gasteiger partial charge is 0.492 e. The second-order valence-electron chi connectivity index (χ2n) is 10.9. The van der Waals surface area contributed by atoms with Crippen molar-refractivity contribution >= 4 is 62.3 Å². The minimum absolute atomic E-state index is 0.0148. The number of nitrogens with zero attached hydrogens (tertiary/aromatic N) is 2. The molecule has 0 heterocycles. The average molecular weight is 695 g/mol. The summed E-state index contributed by atoms with van der Waals surface area (Å²) < 4.78 is 35.2. The molecule has 2 amide bonds. The Labute approximate surface area is 280 Å². The van der Waals surface area contributed by atoms with Crippen LogP contribution < -0.4 is 14.4 Å². The third-order valence-electron chi connectivity index (χ3n) is 7.84. The van der Waals surface area contributed by atoms with Gasteiger partial charge in [-0.3, -0.25) is 13.9 Å². The summed E-state index contributed by atoms with van der Waals surface area (Å²) in [5.74, 6) is -0.628. The standard InChI is InChI=1S/C33H38Cl3N3O5S/c1-3-29(33(41)37-24-11-6-5-7-12-24)38(21-26-27(35)13-10-14-28(26)36)32(40)22-39(30-15-8-9-16-31(30)44-4-2)45(42,43)25-19-17-23(34)18-20-25/h8-10,13-20,24,29H,3-7,11-12,21-22H2,1-2H3,(H,37,41)/t29-/m0/s1. The van der Waals surface area contributed by atoms with Gasteiger partial charge in [-0.25, -0.2) is 8.42 Å². The van der Waals surface area contributed by atoms with E-state index in [0.29, 0.717) is 20.6 Å². The van der Waals surface area contributed by atoms with Crippen molar-refractivity contribution in [1.29, 1.82) is 0 Å². The summed E-state index contributed by atoms with van der Waals surface area (Å²) >= 11 is 19.1. The van der Waals surface area contributed by atoms with Crippen molar-refractivity contribution in [2.24, 2.45) is 0 Å². The summed E-state index contributed by atoms with van der Waals surface area (Å²) in [6.45, 7) is 3.15. The normalized spacial score (nSPS) is 14.4. The first-order valence-corrected chi connectivity index (χ1v) is 17.7. The molecule has 0 saturated heterocycles. The molecular weight excluding hydrogens is 657 g/mol. The van der Waals surface area contributed by atoms with Gasteiger partial charge in [0.1, 0.15) is 18.3 Å². The molecule has 1 atom stereocenters. The Morgan fingerprint density at radius 3 is 2.18 bits per heavy atom. The number of halogens is 3. The molecule has 1 N–H and O–H groups in total. The third-order valence-corrected chi connectivity index (χ3v) is 10.6. The molecule has 1 fully saturated rings. The SMILES string of the molecule is CCOc1ccccc1N(CC(=O)N(Cc1c(Cl)cccc1Cl)[C@@H](CC)C(=O)NC1CCCCC1)S(=O)(=O)c1ccc(Cl)cc1. The number of carbonyl (C=O) groups is 2. The maximum atomic E-state index is 14.4. The smallest absolute Gasteiger partial charge is 0.264 e. The van der Waals surface area contributed by atoms with Crippen molar-refractivity contribution in [2.45, 2.75) is 75.9 Å². The molecule has 0 bridgehead atoms. The van der Waals surface area contributed by atoms with Gasteiger partial charge in [0, 0.05) is 33.2 Å². The lowest BCUT2D eigenvalue weighted by Gasteiger charge is -2.35. The Morgan fingerprint density at radius 2 is 1.56 bits per heavy atom. The highest BCUT2D eigenvalue weighted by atomic mass is 35.5. The lowest BCUT2D eigenvalue weighted by atomic mass is 9.95. The Kier molecular flexibility index (Phi) is 12.4. The van der Waals surface area contributed by atoms with Gasteiger partial charge in [-0.2, -0.15) is 0 Å². The van der Waals surface area contributed by atoms with Crippen LogP contribution in [-0.2, 0) is 26.2 Å². The van der Waals surface area contributed by atoms with Gasteiger partial charge in [0.2, 0.25) is 11.8 Å². The summed E-state index contributed by atoms with van der Waals surface area (Å²) in [5.41, 5.74) is 0.637. The number of sulfonamides is 1. The molecule has 0 aliphatic heterocycles. The van der Waals surface area contributed by atoms with Gasteiger partial charge in [-0.15, -0.1) is 0 Å². The van der Waals surface area contributed by atoms with Crippen LogP contribution in [0.2, 0.25) is 15.1 Å². The fraction of sp³-hybridized carbons (Fsp3) is 0.394. The number of carbonyl (C=O) groups excluding carboxylic acids is 2. The quantitative estimate of drug-likeness (QED) is 0.200. The Bertz CT molecular complexity index is 1560. The molecule has 12 heteroatoms. The first-order chi connectivity index (χ1) is 21.6. The van der Waals surface area contributed by atoms with Crippen LogP contribution in [0.15, 0.2) is 71.6 Å². The zero-order chi connectivity index (χ0) is 32.6.